The molecule has 1 atom stereocenters. The van der Waals surface area contributed by atoms with Gasteiger partial charge in [0.25, 0.3) is 5.91 Å². The summed E-state index contributed by atoms with van der Waals surface area (Å²) in [6.07, 6.45) is 3.32. The number of likely N-dealkylation sites (tertiary alicyclic amines) is 1. The molecule has 19 heavy (non-hydrogen) atoms. The number of hydrogen-bond donors (Lipinski definition) is 0. The summed E-state index contributed by atoms with van der Waals surface area (Å²) in [5, 5.41) is 0.496. The van der Waals surface area contributed by atoms with Crippen molar-refractivity contribution in [1.82, 2.24) is 4.90 Å². The molecule has 0 N–H and O–H groups in total. The van der Waals surface area contributed by atoms with Crippen LogP contribution >= 0.6 is 11.6 Å². The van der Waals surface area contributed by atoms with Crippen LogP contribution in [0, 0.1) is 6.92 Å². The Morgan fingerprint density at radius 1 is 1.42 bits per heavy atom. The molecule has 1 aliphatic rings. The highest BCUT2D eigenvalue weighted by Gasteiger charge is 2.27. The zero-order valence-electron chi connectivity index (χ0n) is 11.7. The monoisotopic (exact) mass is 281 g/mol. The van der Waals surface area contributed by atoms with Crippen LogP contribution in [0.3, 0.4) is 0 Å². The first-order valence-electron chi connectivity index (χ1n) is 6.69. The average Bonchev–Trinajstić information content (AvgIpc) is 2.37. The van der Waals surface area contributed by atoms with E-state index in [1.807, 2.05) is 24.0 Å². The summed E-state index contributed by atoms with van der Waals surface area (Å²) in [6, 6.07) is 3.95. The van der Waals surface area contributed by atoms with Crippen LogP contribution in [-0.2, 0) is 0 Å². The normalized spacial score (nSPS) is 19.4. The summed E-state index contributed by atoms with van der Waals surface area (Å²) in [6.45, 7) is 4.84. The van der Waals surface area contributed by atoms with E-state index in [1.54, 1.807) is 7.11 Å². The van der Waals surface area contributed by atoms with Gasteiger partial charge in [0.2, 0.25) is 0 Å². The first-order chi connectivity index (χ1) is 9.04. The van der Waals surface area contributed by atoms with Gasteiger partial charge in [0.15, 0.2) is 0 Å². The third kappa shape index (κ3) is 2.86. The Morgan fingerprint density at radius 2 is 2.16 bits per heavy atom. The number of benzene rings is 1. The summed E-state index contributed by atoms with van der Waals surface area (Å²) >= 11 is 6.16. The van der Waals surface area contributed by atoms with E-state index in [-0.39, 0.29) is 11.9 Å². The highest BCUT2D eigenvalue weighted by atomic mass is 35.5. The van der Waals surface area contributed by atoms with Gasteiger partial charge in [-0.1, -0.05) is 11.6 Å². The first-order valence-corrected chi connectivity index (χ1v) is 7.07. The van der Waals surface area contributed by atoms with E-state index in [4.69, 9.17) is 16.3 Å². The molecule has 0 saturated carbocycles. The second kappa shape index (κ2) is 5.83. The molecule has 1 aromatic carbocycles. The van der Waals surface area contributed by atoms with E-state index in [2.05, 4.69) is 6.92 Å². The molecule has 0 aliphatic carbocycles. The fraction of sp³-hybridized carbons (Fsp3) is 0.533. The zero-order valence-corrected chi connectivity index (χ0v) is 12.5. The first kappa shape index (κ1) is 14.2. The van der Waals surface area contributed by atoms with Crippen LogP contribution in [0.1, 0.15) is 42.1 Å². The minimum absolute atomic E-state index is 0.0228. The fourth-order valence-electron chi connectivity index (χ4n) is 2.65. The van der Waals surface area contributed by atoms with E-state index >= 15 is 0 Å². The summed E-state index contributed by atoms with van der Waals surface area (Å²) in [7, 11) is 1.55. The number of ether oxygens (including phenoxy) is 1. The maximum absolute atomic E-state index is 12.7. The number of carbonyl (C=O) groups is 1. The quantitative estimate of drug-likeness (QED) is 0.828. The van der Waals surface area contributed by atoms with Crippen molar-refractivity contribution in [2.24, 2.45) is 0 Å². The number of piperidine rings is 1. The number of aryl methyl sites for hydroxylation is 1. The lowest BCUT2D eigenvalue weighted by Gasteiger charge is -2.34. The number of nitrogens with zero attached hydrogens (tertiary/aromatic N) is 1. The summed E-state index contributed by atoms with van der Waals surface area (Å²) in [5.74, 6) is 0.504. The smallest absolute Gasteiger partial charge is 0.257 e. The summed E-state index contributed by atoms with van der Waals surface area (Å²) in [4.78, 5) is 14.6. The van der Waals surface area contributed by atoms with Crippen molar-refractivity contribution in [3.8, 4) is 5.75 Å². The molecular formula is C15H20ClNO2. The number of hydrogen-bond acceptors (Lipinski definition) is 2. The standard InChI is InChI=1S/C15H20ClNO2/c1-10-8-12(14(19-3)13(16)9-10)15(18)17-7-5-4-6-11(17)2/h8-9,11H,4-7H2,1-3H3/t11-/m1/s1. The minimum atomic E-state index is 0.0228. The van der Waals surface area contributed by atoms with E-state index in [9.17, 15) is 4.79 Å². The molecule has 0 bridgehead atoms. The van der Waals surface area contributed by atoms with Crippen molar-refractivity contribution in [2.75, 3.05) is 13.7 Å². The Morgan fingerprint density at radius 3 is 2.79 bits per heavy atom. The molecule has 1 saturated heterocycles. The van der Waals surface area contributed by atoms with Crippen molar-refractivity contribution in [1.29, 1.82) is 0 Å². The lowest BCUT2D eigenvalue weighted by atomic mass is 10.0. The van der Waals surface area contributed by atoms with Gasteiger partial charge in [0, 0.05) is 12.6 Å². The Hall–Kier alpha value is -1.22. The van der Waals surface area contributed by atoms with Gasteiger partial charge in [-0.15, -0.1) is 0 Å². The number of carbonyl (C=O) groups excluding carboxylic acids is 1. The minimum Gasteiger partial charge on any atom is -0.494 e. The summed E-state index contributed by atoms with van der Waals surface area (Å²) in [5.41, 5.74) is 1.54. The van der Waals surface area contributed by atoms with Gasteiger partial charge in [-0.2, -0.15) is 0 Å². The third-order valence-electron chi connectivity index (χ3n) is 3.69. The second-order valence-corrected chi connectivity index (χ2v) is 5.58. The van der Waals surface area contributed by atoms with Crippen LogP contribution in [-0.4, -0.2) is 30.5 Å². The van der Waals surface area contributed by atoms with Crippen LogP contribution in [0.25, 0.3) is 0 Å². The van der Waals surface area contributed by atoms with Crippen molar-refractivity contribution in [3.63, 3.8) is 0 Å². The Kier molecular flexibility index (Phi) is 4.35. The second-order valence-electron chi connectivity index (χ2n) is 5.17. The molecule has 1 heterocycles. The molecule has 1 aromatic rings. The van der Waals surface area contributed by atoms with Crippen molar-refractivity contribution < 1.29 is 9.53 Å². The van der Waals surface area contributed by atoms with Crippen LogP contribution < -0.4 is 4.74 Å². The van der Waals surface area contributed by atoms with Crippen molar-refractivity contribution >= 4 is 17.5 Å². The molecule has 0 spiro atoms. The van der Waals surface area contributed by atoms with Gasteiger partial charge < -0.3 is 9.64 Å². The molecule has 0 radical (unpaired) electrons. The number of methoxy groups -OCH3 is 1. The fourth-order valence-corrected chi connectivity index (χ4v) is 3.00. The highest BCUT2D eigenvalue weighted by Crippen LogP contribution is 2.32. The van der Waals surface area contributed by atoms with Crippen LogP contribution in [0.5, 0.6) is 5.75 Å². The van der Waals surface area contributed by atoms with Crippen LogP contribution in [0.2, 0.25) is 5.02 Å². The molecule has 1 aliphatic heterocycles. The molecule has 3 nitrogen and oxygen atoms in total. The molecule has 4 heteroatoms. The van der Waals surface area contributed by atoms with Gasteiger partial charge in [0.05, 0.1) is 17.7 Å². The molecule has 2 rings (SSSR count). The van der Waals surface area contributed by atoms with Crippen LogP contribution in [0.4, 0.5) is 0 Å². The van der Waals surface area contributed by atoms with E-state index in [0.717, 1.165) is 24.9 Å². The van der Waals surface area contributed by atoms with E-state index in [0.29, 0.717) is 16.3 Å². The molecule has 0 unspecified atom stereocenters. The number of amides is 1. The molecule has 0 aromatic heterocycles. The predicted octanol–water partition coefficient (Wildman–Crippen LogP) is 3.67. The van der Waals surface area contributed by atoms with E-state index < -0.39 is 0 Å². The SMILES string of the molecule is COc1c(Cl)cc(C)cc1C(=O)N1CCCC[C@H]1C. The number of rotatable bonds is 2. The third-order valence-corrected chi connectivity index (χ3v) is 3.97. The van der Waals surface area contributed by atoms with Gasteiger partial charge in [-0.3, -0.25) is 4.79 Å². The maximum Gasteiger partial charge on any atom is 0.257 e. The van der Waals surface area contributed by atoms with Gasteiger partial charge in [-0.25, -0.2) is 0 Å². The van der Waals surface area contributed by atoms with Crippen LogP contribution in [0.15, 0.2) is 12.1 Å². The van der Waals surface area contributed by atoms with E-state index in [1.165, 1.54) is 6.42 Å². The van der Waals surface area contributed by atoms with Gasteiger partial charge in [-0.05, 0) is 50.8 Å². The zero-order chi connectivity index (χ0) is 14.0. The average molecular weight is 282 g/mol. The molecular weight excluding hydrogens is 262 g/mol. The Labute approximate surface area is 119 Å². The lowest BCUT2D eigenvalue weighted by Crippen LogP contribution is -2.42. The maximum atomic E-state index is 12.7. The van der Waals surface area contributed by atoms with Crippen molar-refractivity contribution in [2.45, 2.75) is 39.2 Å². The predicted molar refractivity (Wildman–Crippen MR) is 77.1 cm³/mol. The summed E-state index contributed by atoms with van der Waals surface area (Å²) < 4.78 is 5.30. The molecule has 1 fully saturated rings. The molecule has 104 valence electrons. The molecule has 1 amide bonds. The highest BCUT2D eigenvalue weighted by molar-refractivity contribution is 6.32. The lowest BCUT2D eigenvalue weighted by molar-refractivity contribution is 0.0632. The van der Waals surface area contributed by atoms with Gasteiger partial charge in [0.1, 0.15) is 5.75 Å². The Bertz CT molecular complexity index is 487. The largest absolute Gasteiger partial charge is 0.494 e. The topological polar surface area (TPSA) is 29.5 Å². The van der Waals surface area contributed by atoms with Gasteiger partial charge >= 0.3 is 0 Å². The number of halogens is 1. The van der Waals surface area contributed by atoms with Crippen molar-refractivity contribution in [3.05, 3.63) is 28.3 Å². The Balaban J connectivity index is 2.37.